The van der Waals surface area contributed by atoms with Gasteiger partial charge >= 0.3 is 5.97 Å². The third kappa shape index (κ3) is 2.29. The van der Waals surface area contributed by atoms with Gasteiger partial charge in [0.1, 0.15) is 5.57 Å². The van der Waals surface area contributed by atoms with Gasteiger partial charge in [0.2, 0.25) is 0 Å². The second kappa shape index (κ2) is 5.12. The topological polar surface area (TPSA) is 46.5 Å². The average molecular weight is 312 g/mol. The van der Waals surface area contributed by atoms with Crippen LogP contribution in [-0.4, -0.2) is 16.7 Å². The van der Waals surface area contributed by atoms with Gasteiger partial charge in [0.15, 0.2) is 11.4 Å². The van der Waals surface area contributed by atoms with Crippen molar-refractivity contribution in [3.63, 3.8) is 0 Å². The minimum absolute atomic E-state index is 0.174. The van der Waals surface area contributed by atoms with Gasteiger partial charge in [-0.05, 0) is 80.5 Å². The van der Waals surface area contributed by atoms with Crippen LogP contribution in [-0.2, 0) is 9.53 Å². The molecule has 3 aliphatic rings. The molecule has 0 saturated heterocycles. The molecule has 0 unspecified atom stereocenters. The molecule has 3 heteroatoms. The number of hydrogen-bond acceptors (Lipinski definition) is 3. The number of hydrogen-bond donors (Lipinski definition) is 1. The monoisotopic (exact) mass is 312 g/mol. The number of carbonyl (C=O) groups excluding carboxylic acids is 1. The number of aryl methyl sites for hydroxylation is 2. The highest BCUT2D eigenvalue weighted by Gasteiger charge is 2.49. The second-order valence-corrected chi connectivity index (χ2v) is 7.47. The van der Waals surface area contributed by atoms with E-state index in [1.165, 1.54) is 18.4 Å². The lowest BCUT2D eigenvalue weighted by molar-refractivity contribution is -0.149. The maximum atomic E-state index is 12.6. The fourth-order valence-corrected chi connectivity index (χ4v) is 4.33. The van der Waals surface area contributed by atoms with Gasteiger partial charge in [0, 0.05) is 0 Å². The summed E-state index contributed by atoms with van der Waals surface area (Å²) in [6.07, 6.45) is 7.16. The maximum Gasteiger partial charge on any atom is 0.343 e. The van der Waals surface area contributed by atoms with Crippen LogP contribution in [0.25, 0.3) is 5.57 Å². The molecular weight excluding hydrogens is 288 g/mol. The van der Waals surface area contributed by atoms with Crippen molar-refractivity contribution in [2.75, 3.05) is 0 Å². The van der Waals surface area contributed by atoms with Crippen LogP contribution in [0.3, 0.4) is 0 Å². The molecule has 0 radical (unpaired) electrons. The van der Waals surface area contributed by atoms with E-state index in [0.717, 1.165) is 48.8 Å². The molecule has 1 spiro atoms. The molecule has 3 nitrogen and oxygen atoms in total. The Morgan fingerprint density at radius 3 is 2.26 bits per heavy atom. The van der Waals surface area contributed by atoms with Crippen molar-refractivity contribution >= 4 is 11.5 Å². The molecule has 1 heterocycles. The van der Waals surface area contributed by atoms with Crippen LogP contribution in [0.4, 0.5) is 0 Å². The lowest BCUT2D eigenvalue weighted by Gasteiger charge is -2.31. The third-order valence-electron chi connectivity index (χ3n) is 5.68. The second-order valence-electron chi connectivity index (χ2n) is 7.47. The van der Waals surface area contributed by atoms with E-state index in [1.54, 1.807) is 0 Å². The summed E-state index contributed by atoms with van der Waals surface area (Å²) in [5, 5.41) is 10.9. The van der Waals surface area contributed by atoms with Crippen molar-refractivity contribution < 1.29 is 14.6 Å². The summed E-state index contributed by atoms with van der Waals surface area (Å²) in [6, 6.07) is 4.36. The zero-order chi connectivity index (χ0) is 16.2. The van der Waals surface area contributed by atoms with E-state index in [0.29, 0.717) is 11.5 Å². The van der Waals surface area contributed by atoms with Crippen molar-refractivity contribution in [3.8, 4) is 0 Å². The van der Waals surface area contributed by atoms with Gasteiger partial charge in [-0.2, -0.15) is 0 Å². The minimum atomic E-state index is -0.751. The quantitative estimate of drug-likeness (QED) is 0.804. The van der Waals surface area contributed by atoms with E-state index in [4.69, 9.17) is 4.74 Å². The lowest BCUT2D eigenvalue weighted by atomic mass is 9.81. The van der Waals surface area contributed by atoms with Gasteiger partial charge in [0.25, 0.3) is 0 Å². The highest BCUT2D eigenvalue weighted by atomic mass is 16.6. The first-order valence-corrected chi connectivity index (χ1v) is 8.80. The highest BCUT2D eigenvalue weighted by Crippen LogP contribution is 2.47. The Hall–Kier alpha value is -1.77. The van der Waals surface area contributed by atoms with Crippen LogP contribution < -0.4 is 0 Å². The van der Waals surface area contributed by atoms with Crippen LogP contribution in [0.1, 0.15) is 73.1 Å². The van der Waals surface area contributed by atoms with E-state index >= 15 is 0 Å². The molecule has 1 N–H and O–H groups in total. The summed E-state index contributed by atoms with van der Waals surface area (Å²) in [7, 11) is 0. The summed E-state index contributed by atoms with van der Waals surface area (Å²) in [5.41, 5.74) is 4.03. The molecule has 2 saturated carbocycles. The molecule has 1 aliphatic heterocycles. The molecule has 0 aromatic heterocycles. The third-order valence-corrected chi connectivity index (χ3v) is 5.68. The van der Waals surface area contributed by atoms with Crippen LogP contribution in [0.5, 0.6) is 0 Å². The van der Waals surface area contributed by atoms with Crippen LogP contribution in [0, 0.1) is 13.8 Å². The first-order chi connectivity index (χ1) is 11.0. The molecule has 1 aromatic carbocycles. The molecular formula is C20H24O3. The fourth-order valence-electron chi connectivity index (χ4n) is 4.33. The van der Waals surface area contributed by atoms with Crippen molar-refractivity contribution in [2.24, 2.45) is 0 Å². The Balaban J connectivity index is 1.81. The number of rotatable bonds is 2. The van der Waals surface area contributed by atoms with Crippen LogP contribution in [0.15, 0.2) is 17.9 Å². The summed E-state index contributed by atoms with van der Waals surface area (Å²) in [4.78, 5) is 12.6. The summed E-state index contributed by atoms with van der Waals surface area (Å²) >= 11 is 0. The Labute approximate surface area is 137 Å². The SMILES string of the molecule is Cc1cc(C2CC2)cc(C)c1C1=C(O)C2(CCCCC2)OC1=O. The van der Waals surface area contributed by atoms with Gasteiger partial charge in [-0.25, -0.2) is 4.79 Å². The van der Waals surface area contributed by atoms with Gasteiger partial charge < -0.3 is 9.84 Å². The standard InChI is InChI=1S/C20H24O3/c1-12-10-15(14-6-7-14)11-13(2)16(12)17-18(21)20(23-19(17)22)8-4-3-5-9-20/h10-11,14,21H,3-9H2,1-2H3. The summed E-state index contributed by atoms with van der Waals surface area (Å²) in [6.45, 7) is 4.07. The Morgan fingerprint density at radius 2 is 1.70 bits per heavy atom. The Bertz CT molecular complexity index is 681. The molecule has 0 atom stereocenters. The average Bonchev–Trinajstić information content (AvgIpc) is 3.32. The predicted molar refractivity (Wildman–Crippen MR) is 89.3 cm³/mol. The first kappa shape index (κ1) is 14.8. The molecule has 1 aromatic rings. The fraction of sp³-hybridized carbons (Fsp3) is 0.550. The number of aliphatic hydroxyl groups is 1. The minimum Gasteiger partial charge on any atom is -0.507 e. The number of aliphatic hydroxyl groups excluding tert-OH is 1. The Kier molecular flexibility index (Phi) is 3.29. The van der Waals surface area contributed by atoms with Gasteiger partial charge in [-0.15, -0.1) is 0 Å². The molecule has 2 aliphatic carbocycles. The number of esters is 1. The van der Waals surface area contributed by atoms with E-state index in [9.17, 15) is 9.90 Å². The van der Waals surface area contributed by atoms with E-state index < -0.39 is 5.60 Å². The summed E-state index contributed by atoms with van der Waals surface area (Å²) < 4.78 is 5.71. The predicted octanol–water partition coefficient (Wildman–Crippen LogP) is 4.71. The molecule has 0 bridgehead atoms. The molecule has 23 heavy (non-hydrogen) atoms. The zero-order valence-corrected chi connectivity index (χ0v) is 13.9. The van der Waals surface area contributed by atoms with Crippen molar-refractivity contribution in [1.29, 1.82) is 0 Å². The molecule has 122 valence electrons. The van der Waals surface area contributed by atoms with Gasteiger partial charge in [0.05, 0.1) is 0 Å². The number of ether oxygens (including phenoxy) is 1. The van der Waals surface area contributed by atoms with Crippen molar-refractivity contribution in [3.05, 3.63) is 40.1 Å². The Morgan fingerprint density at radius 1 is 1.09 bits per heavy atom. The smallest absolute Gasteiger partial charge is 0.343 e. The van der Waals surface area contributed by atoms with E-state index in [-0.39, 0.29) is 11.7 Å². The molecule has 2 fully saturated rings. The maximum absolute atomic E-state index is 12.6. The van der Waals surface area contributed by atoms with Crippen molar-refractivity contribution in [1.82, 2.24) is 0 Å². The molecule has 4 rings (SSSR count). The van der Waals surface area contributed by atoms with Crippen molar-refractivity contribution in [2.45, 2.75) is 70.3 Å². The molecule has 0 amide bonds. The number of carbonyl (C=O) groups is 1. The van der Waals surface area contributed by atoms with E-state index in [1.807, 2.05) is 13.8 Å². The van der Waals surface area contributed by atoms with Crippen LogP contribution in [0.2, 0.25) is 0 Å². The lowest BCUT2D eigenvalue weighted by Crippen LogP contribution is -2.34. The highest BCUT2D eigenvalue weighted by molar-refractivity contribution is 6.20. The van der Waals surface area contributed by atoms with E-state index in [2.05, 4.69) is 12.1 Å². The number of benzene rings is 1. The normalized spacial score (nSPS) is 23.5. The van der Waals surface area contributed by atoms with Crippen LogP contribution >= 0.6 is 0 Å². The van der Waals surface area contributed by atoms with Gasteiger partial charge in [-0.1, -0.05) is 18.6 Å². The largest absolute Gasteiger partial charge is 0.507 e. The summed E-state index contributed by atoms with van der Waals surface area (Å²) in [5.74, 6) is 0.506. The zero-order valence-electron chi connectivity index (χ0n) is 13.9. The first-order valence-electron chi connectivity index (χ1n) is 8.80. The van der Waals surface area contributed by atoms with Gasteiger partial charge in [-0.3, -0.25) is 0 Å².